The van der Waals surface area contributed by atoms with E-state index in [1.54, 1.807) is 53.1 Å². The molecule has 1 saturated heterocycles. The van der Waals surface area contributed by atoms with E-state index in [-0.39, 0.29) is 61.7 Å². The molecule has 6 N–H and O–H groups in total. The van der Waals surface area contributed by atoms with Gasteiger partial charge in [-0.2, -0.15) is 0 Å². The van der Waals surface area contributed by atoms with Crippen LogP contribution in [0, 0.1) is 47.3 Å². The lowest BCUT2D eigenvalue weighted by Crippen LogP contribution is -2.64. The third kappa shape index (κ3) is 24.5. The van der Waals surface area contributed by atoms with Crippen LogP contribution in [0.25, 0.3) is 0 Å². The summed E-state index contributed by atoms with van der Waals surface area (Å²) in [6, 6.07) is -10.7. The van der Waals surface area contributed by atoms with Gasteiger partial charge < -0.3 is 65.6 Å². The molecule has 13 atom stereocenters. The van der Waals surface area contributed by atoms with Crippen LogP contribution >= 0.6 is 0 Å². The Balaban J connectivity index is 3.03. The maximum atomic E-state index is 15.3. The van der Waals surface area contributed by atoms with Crippen LogP contribution in [0.15, 0.2) is 18.5 Å². The smallest absolute Gasteiger partial charge is 0.329 e. The first-order valence-corrected chi connectivity index (χ1v) is 33.2. The van der Waals surface area contributed by atoms with Crippen molar-refractivity contribution in [2.75, 3.05) is 48.8 Å². The second-order valence-corrected chi connectivity index (χ2v) is 28.5. The van der Waals surface area contributed by atoms with E-state index in [0.29, 0.717) is 25.1 Å². The highest BCUT2D eigenvalue weighted by molar-refractivity contribution is 5.99. The van der Waals surface area contributed by atoms with Crippen LogP contribution in [0.3, 0.4) is 0 Å². The van der Waals surface area contributed by atoms with Gasteiger partial charge in [-0.3, -0.25) is 47.9 Å². The van der Waals surface area contributed by atoms with Crippen LogP contribution in [-0.2, 0) is 63.9 Å². The molecule has 0 aliphatic carbocycles. The van der Waals surface area contributed by atoms with Gasteiger partial charge in [-0.05, 0) is 112 Å². The van der Waals surface area contributed by atoms with Gasteiger partial charge in [-0.1, -0.05) is 104 Å². The fraction of sp³-hybridized carbons (Fsp3) is 0.776. The molecule has 1 aromatic rings. The molecule has 0 bridgehead atoms. The quantitative estimate of drug-likeness (QED) is 0.108. The Morgan fingerprint density at radius 2 is 0.914 bits per heavy atom. The first kappa shape index (κ1) is 82.3. The predicted octanol–water partition coefficient (Wildman–Crippen LogP) is 3.20. The van der Waals surface area contributed by atoms with E-state index in [9.17, 15) is 48.6 Å². The number of nitrogens with one attached hydrogen (secondary N) is 4. The number of carbonyl (C=O) groups is 11. The summed E-state index contributed by atoms with van der Waals surface area (Å²) < 4.78 is 5.91. The third-order valence-corrected chi connectivity index (χ3v) is 17.0. The third-order valence-electron chi connectivity index (χ3n) is 17.0. The van der Waals surface area contributed by atoms with Crippen molar-refractivity contribution in [3.63, 3.8) is 0 Å². The zero-order chi connectivity index (χ0) is 71.4. The van der Waals surface area contributed by atoms with Crippen molar-refractivity contribution in [2.45, 2.75) is 242 Å². The molecule has 0 unspecified atom stereocenters. The normalized spacial score (nSPS) is 25.8. The van der Waals surface area contributed by atoms with Gasteiger partial charge in [0.25, 0.3) is 5.91 Å². The van der Waals surface area contributed by atoms with Crippen LogP contribution in [0.1, 0.15) is 168 Å². The number of hydrogen-bond acceptors (Lipinski definition) is 16. The average Bonchev–Trinajstić information content (AvgIpc) is 0.837. The number of aliphatic hydroxyl groups excluding tert-OH is 2. The fourth-order valence-electron chi connectivity index (χ4n) is 11.5. The van der Waals surface area contributed by atoms with Crippen LogP contribution < -0.4 is 21.3 Å². The molecule has 1 fully saturated rings. The fourth-order valence-corrected chi connectivity index (χ4v) is 11.5. The number of nitrogens with zero attached hydrogens (tertiary/aromatic N) is 8. The summed E-state index contributed by atoms with van der Waals surface area (Å²) in [5.41, 5.74) is 0. The van der Waals surface area contributed by atoms with Gasteiger partial charge in [0, 0.05) is 61.1 Å². The highest BCUT2D eigenvalue weighted by Crippen LogP contribution is 2.25. The molecule has 0 spiro atoms. The van der Waals surface area contributed by atoms with Crippen molar-refractivity contribution in [3.8, 4) is 0 Å². The molecule has 2 heterocycles. The molecule has 1 aromatic heterocycles. The Morgan fingerprint density at radius 1 is 0.495 bits per heavy atom. The predicted molar refractivity (Wildman–Crippen MR) is 352 cm³/mol. The number of likely N-dealkylation sites (N-methyl/N-ethyl adjacent to an activating group) is 6. The van der Waals surface area contributed by atoms with Crippen molar-refractivity contribution in [3.05, 3.63) is 24.3 Å². The van der Waals surface area contributed by atoms with E-state index < -0.39 is 162 Å². The Kier molecular flexibility index (Phi) is 33.5. The van der Waals surface area contributed by atoms with E-state index >= 15 is 14.4 Å². The largest absolute Gasteiger partial charge is 0.450 e. The maximum Gasteiger partial charge on any atom is 0.329 e. The first-order valence-electron chi connectivity index (χ1n) is 33.2. The number of esters is 1. The Morgan fingerprint density at radius 3 is 1.34 bits per heavy atom. The lowest BCUT2D eigenvalue weighted by molar-refractivity contribution is -0.166. The van der Waals surface area contributed by atoms with E-state index in [1.807, 2.05) is 69.2 Å². The van der Waals surface area contributed by atoms with Crippen molar-refractivity contribution < 1.29 is 67.7 Å². The summed E-state index contributed by atoms with van der Waals surface area (Å²) in [4.78, 5) is 177. The molecular formula is C67H116N12O14. The van der Waals surface area contributed by atoms with Crippen LogP contribution in [0.5, 0.6) is 0 Å². The molecule has 10 amide bonds. The molecule has 1 aliphatic rings. The maximum absolute atomic E-state index is 15.3. The van der Waals surface area contributed by atoms with Crippen LogP contribution in [0.4, 0.5) is 0 Å². The van der Waals surface area contributed by atoms with Gasteiger partial charge in [0.1, 0.15) is 60.2 Å². The average molecular weight is 1310 g/mol. The zero-order valence-electron chi connectivity index (χ0n) is 60.0. The summed E-state index contributed by atoms with van der Waals surface area (Å²) in [5, 5.41) is 34.6. The molecule has 0 saturated carbocycles. The summed E-state index contributed by atoms with van der Waals surface area (Å²) in [7, 11) is 8.12. The van der Waals surface area contributed by atoms with Gasteiger partial charge in [-0.25, -0.2) is 14.8 Å². The minimum Gasteiger partial charge on any atom is -0.450 e. The van der Waals surface area contributed by atoms with Gasteiger partial charge in [0.15, 0.2) is 6.10 Å². The van der Waals surface area contributed by atoms with E-state index in [1.165, 1.54) is 70.8 Å². The van der Waals surface area contributed by atoms with Crippen LogP contribution in [-0.4, -0.2) is 236 Å². The molecule has 0 radical (unpaired) electrons. The Bertz CT molecular complexity index is 2660. The summed E-state index contributed by atoms with van der Waals surface area (Å²) in [5.74, 6) is -11.2. The van der Waals surface area contributed by atoms with Crippen LogP contribution in [0.2, 0.25) is 0 Å². The van der Waals surface area contributed by atoms with E-state index in [4.69, 9.17) is 4.74 Å². The number of aliphatic hydroxyl groups is 2. The lowest BCUT2D eigenvalue weighted by atomic mass is 9.90. The molecule has 93 heavy (non-hydrogen) atoms. The number of aromatic nitrogens is 2. The van der Waals surface area contributed by atoms with Crippen molar-refractivity contribution >= 4 is 65.0 Å². The SMILES string of the molecule is CC(C)C[C@@H]1C(=O)N[C@H](CC(C)C)C(=O)N(C)[C@H](C(C)C)C(=O)N(C)[C@H]([C@H](O)[C@H](C)CCCc2ncccn2)C(=O)N[C@H]([C@@H](C)O)C(=O)N(C)CC(=O)N(C)[C@@H](CC(C)C)C(=O)N[C@H](CC(C)C)C(=O)N(C)[C@H](CC(C)C)C(=O)N[C@H](C)C(=O)O[C@@H](C(C)C)C(=O)N1C. The second kappa shape index (κ2) is 37.9. The Hall–Kier alpha value is -6.83. The first-order chi connectivity index (χ1) is 43.1. The van der Waals surface area contributed by atoms with Crippen molar-refractivity contribution in [1.29, 1.82) is 0 Å². The number of amides is 10. The second-order valence-electron chi connectivity index (χ2n) is 28.5. The summed E-state index contributed by atoms with van der Waals surface area (Å²) in [6.45, 7) is 28.7. The monoisotopic (exact) mass is 1310 g/mol. The van der Waals surface area contributed by atoms with Crippen molar-refractivity contribution in [2.24, 2.45) is 47.3 Å². The molecule has 26 nitrogen and oxygen atoms in total. The topological polar surface area (TPSA) is 331 Å². The molecule has 26 heteroatoms. The lowest BCUT2D eigenvalue weighted by Gasteiger charge is -2.40. The summed E-state index contributed by atoms with van der Waals surface area (Å²) in [6.07, 6.45) is 0.114. The van der Waals surface area contributed by atoms with Gasteiger partial charge in [-0.15, -0.1) is 0 Å². The van der Waals surface area contributed by atoms with Crippen molar-refractivity contribution in [1.82, 2.24) is 60.6 Å². The molecule has 0 aromatic carbocycles. The number of carbonyl (C=O) groups excluding carboxylic acids is 11. The van der Waals surface area contributed by atoms with E-state index in [2.05, 4.69) is 31.2 Å². The minimum atomic E-state index is -1.77. The minimum absolute atomic E-state index is 0.0695. The number of cyclic esters (lactones) is 1. The zero-order valence-corrected chi connectivity index (χ0v) is 60.0. The Labute approximate surface area is 553 Å². The number of ether oxygens (including phenoxy) is 1. The molecule has 2 rings (SSSR count). The summed E-state index contributed by atoms with van der Waals surface area (Å²) >= 11 is 0. The van der Waals surface area contributed by atoms with Gasteiger partial charge in [0.2, 0.25) is 53.2 Å². The molecule has 1 aliphatic heterocycles. The number of hydrogen-bond donors (Lipinski definition) is 6. The number of rotatable bonds is 19. The highest BCUT2D eigenvalue weighted by Gasteiger charge is 2.46. The van der Waals surface area contributed by atoms with Gasteiger partial charge in [0.05, 0.1) is 18.8 Å². The van der Waals surface area contributed by atoms with E-state index in [0.717, 1.165) is 14.7 Å². The number of aryl methyl sites for hydroxylation is 1. The van der Waals surface area contributed by atoms with Gasteiger partial charge >= 0.3 is 5.97 Å². The molecular weight excluding hydrogens is 1200 g/mol. The molecule has 528 valence electrons. The highest BCUT2D eigenvalue weighted by atomic mass is 16.6. The standard InChI is InChI=1S/C67H116N12O14/c1-36(2)30-46-62(87)76(20)49(33-39(7)8)58(83)70-44(16)67(92)93-57(42(13)14)66(91)77(21)50(34-40(9)10)60(85)72-47(31-37(3)4)63(88)78(22)54(41(11)12)65(90)79(23)55(56(82)43(15)26-24-27-51-68-28-25-29-69-51)61(86)73-53(45(17)80)64(89)74(18)35-52(81)75(19)48(32-38(5)6)59(84)71-46/h25,28-29,36-50,53-57,80,82H,24,26-27,30-35H2,1-23H3,(H,70,83)(H,71,84)(H,72,85)(H,73,86)/t43-,44-,45-,46-,47-,48+,49-,50-,53-,54-,55-,56-,57+/m1/s1.